The summed E-state index contributed by atoms with van der Waals surface area (Å²) >= 11 is 0. The summed E-state index contributed by atoms with van der Waals surface area (Å²) in [5.74, 6) is 0.266. The van der Waals surface area contributed by atoms with E-state index in [0.29, 0.717) is 5.70 Å². The molecule has 3 heteroatoms. The Balaban J connectivity index is 2.75. The smallest absolute Gasteiger partial charge is 0.115 e. The molecular formula is C11H13N3. The molecule has 3 nitrogen and oxygen atoms in total. The quantitative estimate of drug-likeness (QED) is 0.704. The van der Waals surface area contributed by atoms with Crippen molar-refractivity contribution in [3.63, 3.8) is 0 Å². The van der Waals surface area contributed by atoms with Gasteiger partial charge >= 0.3 is 0 Å². The first kappa shape index (κ1) is 10.1. The molecule has 14 heavy (non-hydrogen) atoms. The third-order valence-corrected chi connectivity index (χ3v) is 1.60. The topological polar surface area (TPSA) is 64.4 Å². The van der Waals surface area contributed by atoms with Crippen LogP contribution in [0.4, 0.5) is 0 Å². The van der Waals surface area contributed by atoms with Crippen molar-refractivity contribution in [3.8, 4) is 0 Å². The molecule has 0 unspecified atom stereocenters. The van der Waals surface area contributed by atoms with Crippen LogP contribution in [0.5, 0.6) is 0 Å². The Kier molecular flexibility index (Phi) is 3.49. The van der Waals surface area contributed by atoms with Crippen molar-refractivity contribution in [2.45, 2.75) is 0 Å². The van der Waals surface area contributed by atoms with E-state index in [1.165, 1.54) is 6.21 Å². The molecule has 1 aromatic carbocycles. The average Bonchev–Trinajstić information content (AvgIpc) is 2.18. The number of hydrogen-bond acceptors (Lipinski definition) is 3. The van der Waals surface area contributed by atoms with Gasteiger partial charge in [0.25, 0.3) is 0 Å². The lowest BCUT2D eigenvalue weighted by atomic mass is 10.1. The van der Waals surface area contributed by atoms with Gasteiger partial charge in [0.05, 0.1) is 0 Å². The Labute approximate surface area is 83.5 Å². The van der Waals surface area contributed by atoms with E-state index < -0.39 is 0 Å². The van der Waals surface area contributed by atoms with Crippen LogP contribution in [0.25, 0.3) is 5.70 Å². The Hall–Kier alpha value is -2.03. The molecule has 0 saturated heterocycles. The molecule has 0 atom stereocenters. The Morgan fingerprint density at radius 2 is 1.86 bits per heavy atom. The van der Waals surface area contributed by atoms with Gasteiger partial charge in [-0.2, -0.15) is 0 Å². The Morgan fingerprint density at radius 3 is 2.43 bits per heavy atom. The van der Waals surface area contributed by atoms with Crippen molar-refractivity contribution in [2.75, 3.05) is 0 Å². The van der Waals surface area contributed by atoms with Gasteiger partial charge in [-0.25, -0.2) is 4.99 Å². The molecule has 0 amide bonds. The van der Waals surface area contributed by atoms with Crippen molar-refractivity contribution in [2.24, 2.45) is 16.5 Å². The molecule has 4 N–H and O–H groups in total. The van der Waals surface area contributed by atoms with E-state index >= 15 is 0 Å². The second-order valence-corrected chi connectivity index (χ2v) is 2.76. The zero-order valence-corrected chi connectivity index (χ0v) is 7.85. The maximum absolute atomic E-state index is 5.78. The molecule has 0 aliphatic rings. The van der Waals surface area contributed by atoms with Gasteiger partial charge in [0.15, 0.2) is 0 Å². The van der Waals surface area contributed by atoms with Crippen LogP contribution in [0.1, 0.15) is 5.56 Å². The molecule has 0 spiro atoms. The van der Waals surface area contributed by atoms with Crippen LogP contribution in [0, 0.1) is 0 Å². The lowest BCUT2D eigenvalue weighted by Crippen LogP contribution is -1.96. The average molecular weight is 187 g/mol. The van der Waals surface area contributed by atoms with Crippen LogP contribution in [0.15, 0.2) is 53.8 Å². The SMILES string of the molecule is C=C(N)N=C/C=C(\N)c1ccccc1. The van der Waals surface area contributed by atoms with Gasteiger partial charge in [-0.3, -0.25) is 0 Å². The molecule has 0 aromatic heterocycles. The van der Waals surface area contributed by atoms with E-state index in [-0.39, 0.29) is 5.82 Å². The van der Waals surface area contributed by atoms with E-state index in [2.05, 4.69) is 11.6 Å². The minimum Gasteiger partial charge on any atom is -0.398 e. The second-order valence-electron chi connectivity index (χ2n) is 2.76. The molecule has 0 aliphatic carbocycles. The number of aliphatic imine (C=N–C) groups is 1. The van der Waals surface area contributed by atoms with Gasteiger partial charge in [-0.05, 0) is 11.6 Å². The predicted molar refractivity (Wildman–Crippen MR) is 60.4 cm³/mol. The molecular weight excluding hydrogens is 174 g/mol. The summed E-state index contributed by atoms with van der Waals surface area (Å²) in [7, 11) is 0. The highest BCUT2D eigenvalue weighted by molar-refractivity contribution is 5.83. The van der Waals surface area contributed by atoms with Gasteiger partial charge < -0.3 is 11.5 Å². The summed E-state index contributed by atoms with van der Waals surface area (Å²) < 4.78 is 0. The van der Waals surface area contributed by atoms with Crippen molar-refractivity contribution in [1.29, 1.82) is 0 Å². The zero-order chi connectivity index (χ0) is 10.4. The third-order valence-electron chi connectivity index (χ3n) is 1.60. The fraction of sp³-hybridized carbons (Fsp3) is 0. The Bertz CT molecular complexity index is 363. The number of hydrogen-bond donors (Lipinski definition) is 2. The normalized spacial score (nSPS) is 11.9. The molecule has 1 rings (SSSR count). The molecule has 72 valence electrons. The van der Waals surface area contributed by atoms with Crippen LogP contribution >= 0.6 is 0 Å². The number of nitrogens with two attached hydrogens (primary N) is 2. The predicted octanol–water partition coefficient (Wildman–Crippen LogP) is 1.49. The number of nitrogens with zero attached hydrogens (tertiary/aromatic N) is 1. The van der Waals surface area contributed by atoms with Gasteiger partial charge in [0.2, 0.25) is 0 Å². The van der Waals surface area contributed by atoms with Crippen LogP contribution in [-0.4, -0.2) is 6.21 Å². The summed E-state index contributed by atoms with van der Waals surface area (Å²) in [5, 5.41) is 0. The summed E-state index contributed by atoms with van der Waals surface area (Å²) in [4.78, 5) is 3.79. The monoisotopic (exact) mass is 187 g/mol. The minimum atomic E-state index is 0.266. The van der Waals surface area contributed by atoms with E-state index in [1.807, 2.05) is 30.3 Å². The van der Waals surface area contributed by atoms with Gasteiger partial charge in [-0.1, -0.05) is 36.9 Å². The van der Waals surface area contributed by atoms with Gasteiger partial charge in [0.1, 0.15) is 5.82 Å². The highest BCUT2D eigenvalue weighted by Gasteiger charge is 1.91. The first-order valence-corrected chi connectivity index (χ1v) is 4.20. The lowest BCUT2D eigenvalue weighted by Gasteiger charge is -1.98. The van der Waals surface area contributed by atoms with E-state index in [1.54, 1.807) is 6.08 Å². The first-order valence-electron chi connectivity index (χ1n) is 4.20. The van der Waals surface area contributed by atoms with E-state index in [9.17, 15) is 0 Å². The fourth-order valence-corrected chi connectivity index (χ4v) is 0.940. The van der Waals surface area contributed by atoms with Gasteiger partial charge in [-0.15, -0.1) is 0 Å². The summed E-state index contributed by atoms with van der Waals surface area (Å²) in [6, 6.07) is 9.64. The fourth-order valence-electron chi connectivity index (χ4n) is 0.940. The second kappa shape index (κ2) is 4.87. The molecule has 0 heterocycles. The molecule has 0 fully saturated rings. The molecule has 1 aromatic rings. The lowest BCUT2D eigenvalue weighted by molar-refractivity contribution is 1.28. The number of benzene rings is 1. The van der Waals surface area contributed by atoms with E-state index in [0.717, 1.165) is 5.56 Å². The minimum absolute atomic E-state index is 0.266. The standard InChI is InChI=1S/C11H13N3/c1-9(12)14-8-7-11(13)10-5-3-2-4-6-10/h2-8H,1,12-13H2/b11-7-,14-8?. The summed E-state index contributed by atoms with van der Waals surface area (Å²) in [6.45, 7) is 3.43. The highest BCUT2D eigenvalue weighted by Crippen LogP contribution is 2.06. The van der Waals surface area contributed by atoms with Gasteiger partial charge in [0, 0.05) is 11.9 Å². The van der Waals surface area contributed by atoms with Crippen molar-refractivity contribution in [1.82, 2.24) is 0 Å². The Morgan fingerprint density at radius 1 is 1.21 bits per heavy atom. The summed E-state index contributed by atoms with van der Waals surface area (Å²) in [5.41, 5.74) is 12.6. The maximum atomic E-state index is 5.78. The van der Waals surface area contributed by atoms with Crippen molar-refractivity contribution < 1.29 is 0 Å². The summed E-state index contributed by atoms with van der Waals surface area (Å²) in [6.07, 6.45) is 3.22. The molecule has 0 saturated carbocycles. The van der Waals surface area contributed by atoms with Crippen molar-refractivity contribution in [3.05, 3.63) is 54.4 Å². The first-order chi connectivity index (χ1) is 6.70. The zero-order valence-electron chi connectivity index (χ0n) is 7.85. The number of allylic oxidation sites excluding steroid dienone is 1. The van der Waals surface area contributed by atoms with Crippen LogP contribution in [-0.2, 0) is 0 Å². The number of rotatable bonds is 3. The van der Waals surface area contributed by atoms with Crippen LogP contribution in [0.3, 0.4) is 0 Å². The highest BCUT2D eigenvalue weighted by atomic mass is 14.9. The third kappa shape index (κ3) is 3.15. The van der Waals surface area contributed by atoms with Crippen LogP contribution in [0.2, 0.25) is 0 Å². The maximum Gasteiger partial charge on any atom is 0.115 e. The molecule has 0 bridgehead atoms. The molecule has 0 aliphatic heterocycles. The largest absolute Gasteiger partial charge is 0.398 e. The molecule has 0 radical (unpaired) electrons. The van der Waals surface area contributed by atoms with Crippen LogP contribution < -0.4 is 11.5 Å². The van der Waals surface area contributed by atoms with E-state index in [4.69, 9.17) is 11.5 Å². The van der Waals surface area contributed by atoms with Crippen molar-refractivity contribution >= 4 is 11.9 Å².